The molecule has 0 unspecified atom stereocenters. The minimum Gasteiger partial charge on any atom is -0.469 e. The van der Waals surface area contributed by atoms with Gasteiger partial charge in [0.15, 0.2) is 0 Å². The Morgan fingerprint density at radius 2 is 2.00 bits per heavy atom. The van der Waals surface area contributed by atoms with Crippen LogP contribution in [-0.4, -0.2) is 36.8 Å². The molecule has 0 radical (unpaired) electrons. The Balaban J connectivity index is 2.98. The number of halogens is 1. The second-order valence-corrected chi connectivity index (χ2v) is 4.59. The van der Waals surface area contributed by atoms with Crippen LogP contribution in [0.3, 0.4) is 0 Å². The van der Waals surface area contributed by atoms with Gasteiger partial charge in [-0.3, -0.25) is 20.3 Å². The third kappa shape index (κ3) is 5.55. The second-order valence-electron chi connectivity index (χ2n) is 4.16. The predicted octanol–water partition coefficient (Wildman–Crippen LogP) is 2.14. The van der Waals surface area contributed by atoms with E-state index in [1.54, 1.807) is 0 Å². The van der Waals surface area contributed by atoms with Gasteiger partial charge in [-0.05, 0) is 12.1 Å². The number of carbonyl (C=O) groups excluding carboxylic acids is 2. The average Bonchev–Trinajstić information content (AvgIpc) is 2.54. The van der Waals surface area contributed by atoms with Crippen LogP contribution in [0.5, 0.6) is 0 Å². The Labute approximate surface area is 136 Å². The minimum absolute atomic E-state index is 0.0406. The van der Waals surface area contributed by atoms with Crippen molar-refractivity contribution in [1.82, 2.24) is 0 Å². The van der Waals surface area contributed by atoms with Gasteiger partial charge in [0.25, 0.3) is 5.69 Å². The Morgan fingerprint density at radius 1 is 1.30 bits per heavy atom. The highest BCUT2D eigenvalue weighted by Crippen LogP contribution is 2.27. The van der Waals surface area contributed by atoms with Crippen molar-refractivity contribution >= 4 is 40.6 Å². The number of rotatable bonds is 7. The summed E-state index contributed by atoms with van der Waals surface area (Å²) in [5.41, 5.74) is 2.04. The van der Waals surface area contributed by atoms with Gasteiger partial charge in [-0.2, -0.15) is 5.10 Å². The Bertz CT molecular complexity index is 647. The molecular weight excluding hydrogens is 330 g/mol. The van der Waals surface area contributed by atoms with Crippen molar-refractivity contribution in [2.45, 2.75) is 12.8 Å². The van der Waals surface area contributed by atoms with Crippen molar-refractivity contribution in [3.8, 4) is 0 Å². The zero-order valence-electron chi connectivity index (χ0n) is 12.4. The maximum absolute atomic E-state index is 11.6. The van der Waals surface area contributed by atoms with E-state index in [0.717, 1.165) is 13.2 Å². The van der Waals surface area contributed by atoms with E-state index in [-0.39, 0.29) is 35.0 Å². The van der Waals surface area contributed by atoms with E-state index in [4.69, 9.17) is 11.6 Å². The number of carbonyl (C=O) groups is 2. The topological polar surface area (TPSA) is 120 Å². The first kappa shape index (κ1) is 18.4. The van der Waals surface area contributed by atoms with E-state index >= 15 is 0 Å². The minimum atomic E-state index is -0.766. The number of esters is 2. The van der Waals surface area contributed by atoms with Crippen LogP contribution in [0.4, 0.5) is 11.4 Å². The van der Waals surface area contributed by atoms with Gasteiger partial charge < -0.3 is 9.47 Å². The molecule has 0 aliphatic heterocycles. The van der Waals surface area contributed by atoms with E-state index in [1.807, 2.05) is 0 Å². The highest BCUT2D eigenvalue weighted by atomic mass is 35.5. The molecule has 0 fully saturated rings. The molecule has 0 spiro atoms. The highest BCUT2D eigenvalue weighted by molar-refractivity contribution is 6.36. The molecule has 23 heavy (non-hydrogen) atoms. The fourth-order valence-electron chi connectivity index (χ4n) is 1.52. The molecule has 0 heterocycles. The van der Waals surface area contributed by atoms with Gasteiger partial charge in [0, 0.05) is 17.5 Å². The third-order valence-electron chi connectivity index (χ3n) is 2.68. The van der Waals surface area contributed by atoms with Crippen molar-refractivity contribution in [3.63, 3.8) is 0 Å². The number of nitrogens with zero attached hydrogens (tertiary/aromatic N) is 2. The number of nitro groups is 1. The van der Waals surface area contributed by atoms with Crippen molar-refractivity contribution in [2.24, 2.45) is 5.10 Å². The molecule has 0 aliphatic rings. The zero-order chi connectivity index (χ0) is 17.4. The van der Waals surface area contributed by atoms with Crippen LogP contribution >= 0.6 is 11.6 Å². The van der Waals surface area contributed by atoms with Gasteiger partial charge in [-0.25, -0.2) is 4.79 Å². The lowest BCUT2D eigenvalue weighted by Crippen LogP contribution is -2.19. The molecule has 0 amide bonds. The van der Waals surface area contributed by atoms with Crippen LogP contribution in [-0.2, 0) is 19.1 Å². The summed E-state index contributed by atoms with van der Waals surface area (Å²) in [7, 11) is 2.37. The van der Waals surface area contributed by atoms with Crippen molar-refractivity contribution in [3.05, 3.63) is 33.3 Å². The lowest BCUT2D eigenvalue weighted by molar-refractivity contribution is -0.383. The smallest absolute Gasteiger partial charge is 0.354 e. The van der Waals surface area contributed by atoms with Crippen LogP contribution in [0.1, 0.15) is 12.8 Å². The molecular formula is C13H14ClN3O6. The van der Waals surface area contributed by atoms with Crippen molar-refractivity contribution in [1.29, 1.82) is 0 Å². The number of hydrogen-bond donors (Lipinski definition) is 1. The number of hydrogen-bond acceptors (Lipinski definition) is 8. The monoisotopic (exact) mass is 343 g/mol. The van der Waals surface area contributed by atoms with Crippen molar-refractivity contribution in [2.75, 3.05) is 19.6 Å². The fraction of sp³-hybridized carbons (Fsp3) is 0.308. The number of nitrogens with one attached hydrogen (secondary N) is 1. The van der Waals surface area contributed by atoms with Crippen LogP contribution in [0, 0.1) is 10.1 Å². The number of ether oxygens (including phenoxy) is 2. The molecule has 0 atom stereocenters. The zero-order valence-corrected chi connectivity index (χ0v) is 13.1. The molecule has 0 saturated carbocycles. The molecule has 9 nitrogen and oxygen atoms in total. The van der Waals surface area contributed by atoms with E-state index in [2.05, 4.69) is 20.0 Å². The quantitative estimate of drug-likeness (QED) is 0.348. The maximum Gasteiger partial charge on any atom is 0.354 e. The van der Waals surface area contributed by atoms with Gasteiger partial charge in [0.1, 0.15) is 11.4 Å². The lowest BCUT2D eigenvalue weighted by atomic mass is 10.2. The molecule has 0 aromatic heterocycles. The van der Waals surface area contributed by atoms with Gasteiger partial charge in [0.05, 0.1) is 25.6 Å². The predicted molar refractivity (Wildman–Crippen MR) is 82.4 cm³/mol. The summed E-state index contributed by atoms with van der Waals surface area (Å²) in [6.45, 7) is 0. The lowest BCUT2D eigenvalue weighted by Gasteiger charge is -2.06. The van der Waals surface area contributed by atoms with E-state index < -0.39 is 16.9 Å². The molecule has 1 rings (SSSR count). The van der Waals surface area contributed by atoms with Gasteiger partial charge >= 0.3 is 11.9 Å². The Hall–Kier alpha value is -2.68. The summed E-state index contributed by atoms with van der Waals surface area (Å²) in [5, 5.41) is 14.9. The molecule has 0 bridgehead atoms. The Kier molecular flexibility index (Phi) is 6.94. The summed E-state index contributed by atoms with van der Waals surface area (Å²) < 4.78 is 9.02. The molecule has 1 N–H and O–H groups in total. The molecule has 1 aromatic rings. The standard InChI is InChI=1S/C13H14ClN3O6/c1-22-12(18)6-5-10(13(19)23-2)16-15-9-4-3-8(14)7-11(9)17(20)21/h3-4,7,15H,5-6H2,1-2H3/b16-10+. The first-order chi connectivity index (χ1) is 10.9. The summed E-state index contributed by atoms with van der Waals surface area (Å²) in [4.78, 5) is 33.1. The molecule has 1 aromatic carbocycles. The van der Waals surface area contributed by atoms with E-state index in [1.165, 1.54) is 19.2 Å². The Morgan fingerprint density at radius 3 is 2.57 bits per heavy atom. The van der Waals surface area contributed by atoms with E-state index in [9.17, 15) is 19.7 Å². The highest BCUT2D eigenvalue weighted by Gasteiger charge is 2.17. The van der Waals surface area contributed by atoms with Crippen molar-refractivity contribution < 1.29 is 24.0 Å². The summed E-state index contributed by atoms with van der Waals surface area (Å²) in [5.74, 6) is -1.29. The summed E-state index contributed by atoms with van der Waals surface area (Å²) >= 11 is 5.70. The van der Waals surface area contributed by atoms with E-state index in [0.29, 0.717) is 0 Å². The van der Waals surface area contributed by atoms with Gasteiger partial charge in [0.2, 0.25) is 0 Å². The molecule has 0 aliphatic carbocycles. The summed E-state index contributed by atoms with van der Waals surface area (Å²) in [6.07, 6.45) is -0.136. The van der Waals surface area contributed by atoms with Crippen LogP contribution in [0.2, 0.25) is 5.02 Å². The second kappa shape index (κ2) is 8.69. The van der Waals surface area contributed by atoms with Gasteiger partial charge in [-0.1, -0.05) is 11.6 Å². The number of methoxy groups -OCH3 is 2. The molecule has 0 saturated heterocycles. The van der Waals surface area contributed by atoms with Crippen LogP contribution < -0.4 is 5.43 Å². The third-order valence-corrected chi connectivity index (χ3v) is 2.92. The number of nitro benzene ring substituents is 1. The molecule has 10 heteroatoms. The first-order valence-corrected chi connectivity index (χ1v) is 6.68. The average molecular weight is 344 g/mol. The fourth-order valence-corrected chi connectivity index (χ4v) is 1.69. The first-order valence-electron chi connectivity index (χ1n) is 6.30. The molecule has 124 valence electrons. The number of hydrazone groups is 1. The van der Waals surface area contributed by atoms with Crippen LogP contribution in [0.15, 0.2) is 23.3 Å². The number of benzene rings is 1. The summed E-state index contributed by atoms with van der Waals surface area (Å²) in [6, 6.07) is 3.92. The van der Waals surface area contributed by atoms with Crippen LogP contribution in [0.25, 0.3) is 0 Å². The van der Waals surface area contributed by atoms with Gasteiger partial charge in [-0.15, -0.1) is 0 Å². The largest absolute Gasteiger partial charge is 0.469 e. The maximum atomic E-state index is 11.6. The normalized spacial score (nSPS) is 10.8. The number of anilines is 1. The SMILES string of the molecule is COC(=O)CC/C(=N\Nc1ccc(Cl)cc1[N+](=O)[O-])C(=O)OC.